The Hall–Kier alpha value is -2.63. The van der Waals surface area contributed by atoms with Gasteiger partial charge in [-0.2, -0.15) is 0 Å². The van der Waals surface area contributed by atoms with Crippen molar-refractivity contribution in [2.75, 3.05) is 13.2 Å². The number of carbonyl (C=O) groups is 3. The first-order valence-electron chi connectivity index (χ1n) is 30.7. The highest BCUT2D eigenvalue weighted by Gasteiger charge is 2.19. The molecule has 0 aromatic rings. The molecule has 1 unspecified atom stereocenters. The van der Waals surface area contributed by atoms with E-state index in [1.165, 1.54) is 205 Å². The molecule has 0 N–H and O–H groups in total. The van der Waals surface area contributed by atoms with Gasteiger partial charge in [0.05, 0.1) is 0 Å². The largest absolute Gasteiger partial charge is 0.462 e. The van der Waals surface area contributed by atoms with Crippen molar-refractivity contribution < 1.29 is 28.6 Å². The topological polar surface area (TPSA) is 78.9 Å². The third-order valence-electron chi connectivity index (χ3n) is 13.6. The molecule has 0 fully saturated rings. The Morgan fingerprint density at radius 3 is 0.829 bits per heavy atom. The Balaban J connectivity index is 4.39. The molecule has 70 heavy (non-hydrogen) atoms. The number of hydrogen-bond acceptors (Lipinski definition) is 6. The molecule has 0 bridgehead atoms. The molecule has 0 amide bonds. The summed E-state index contributed by atoms with van der Waals surface area (Å²) in [6.07, 6.45) is 72.4. The van der Waals surface area contributed by atoms with Crippen LogP contribution in [-0.4, -0.2) is 37.2 Å². The van der Waals surface area contributed by atoms with Crippen LogP contribution in [0.1, 0.15) is 323 Å². The molecular formula is C64H116O6. The average molecular weight is 982 g/mol. The molecule has 0 radical (unpaired) electrons. The Kier molecular flexibility index (Phi) is 56.7. The van der Waals surface area contributed by atoms with E-state index in [2.05, 4.69) is 69.4 Å². The Morgan fingerprint density at radius 2 is 0.529 bits per heavy atom. The van der Waals surface area contributed by atoms with E-state index >= 15 is 0 Å². The fraction of sp³-hybridized carbons (Fsp3) is 0.828. The van der Waals surface area contributed by atoms with Gasteiger partial charge in [-0.1, -0.05) is 281 Å². The van der Waals surface area contributed by atoms with E-state index in [1.807, 2.05) is 0 Å². The predicted molar refractivity (Wildman–Crippen MR) is 302 cm³/mol. The highest BCUT2D eigenvalue weighted by atomic mass is 16.6. The normalized spacial score (nSPS) is 12.3. The summed E-state index contributed by atoms with van der Waals surface area (Å²) >= 11 is 0. The van der Waals surface area contributed by atoms with Crippen LogP contribution in [0.2, 0.25) is 0 Å². The summed E-state index contributed by atoms with van der Waals surface area (Å²) in [5, 5.41) is 0. The van der Waals surface area contributed by atoms with E-state index in [0.29, 0.717) is 19.3 Å². The minimum Gasteiger partial charge on any atom is -0.462 e. The Morgan fingerprint density at radius 1 is 0.286 bits per heavy atom. The molecule has 0 aromatic carbocycles. The van der Waals surface area contributed by atoms with Crippen molar-refractivity contribution in [3.63, 3.8) is 0 Å². The second kappa shape index (κ2) is 58.9. The third kappa shape index (κ3) is 56.3. The number of unbranched alkanes of at least 4 members (excludes halogenated alkanes) is 39. The number of rotatable bonds is 56. The summed E-state index contributed by atoms with van der Waals surface area (Å²) in [5.41, 5.74) is 0. The Labute approximate surface area is 435 Å². The summed E-state index contributed by atoms with van der Waals surface area (Å²) in [6.45, 7) is 6.65. The van der Waals surface area contributed by atoms with Gasteiger partial charge in [-0.3, -0.25) is 14.4 Å². The predicted octanol–water partition coefficient (Wildman–Crippen LogP) is 20.6. The van der Waals surface area contributed by atoms with E-state index in [1.54, 1.807) is 0 Å². The van der Waals surface area contributed by atoms with Gasteiger partial charge in [0.25, 0.3) is 0 Å². The molecule has 408 valence electrons. The minimum atomic E-state index is -0.784. The van der Waals surface area contributed by atoms with Crippen molar-refractivity contribution >= 4 is 17.9 Å². The fourth-order valence-electron chi connectivity index (χ4n) is 8.97. The zero-order chi connectivity index (χ0) is 50.7. The quantitative estimate of drug-likeness (QED) is 0.0199. The maximum Gasteiger partial charge on any atom is 0.306 e. The maximum atomic E-state index is 12.9. The van der Waals surface area contributed by atoms with Crippen molar-refractivity contribution in [1.29, 1.82) is 0 Å². The van der Waals surface area contributed by atoms with Crippen LogP contribution in [0.25, 0.3) is 0 Å². The first-order chi connectivity index (χ1) is 34.5. The van der Waals surface area contributed by atoms with Gasteiger partial charge in [-0.15, -0.1) is 0 Å². The summed E-state index contributed by atoms with van der Waals surface area (Å²) in [6, 6.07) is 0. The van der Waals surface area contributed by atoms with E-state index in [-0.39, 0.29) is 31.1 Å². The summed E-state index contributed by atoms with van der Waals surface area (Å²) in [5.74, 6) is -0.886. The zero-order valence-corrected chi connectivity index (χ0v) is 46.8. The molecule has 6 heteroatoms. The lowest BCUT2D eigenvalue weighted by molar-refractivity contribution is -0.167. The highest BCUT2D eigenvalue weighted by molar-refractivity contribution is 5.71. The molecule has 0 rings (SSSR count). The number of esters is 3. The van der Waals surface area contributed by atoms with Gasteiger partial charge >= 0.3 is 17.9 Å². The van der Waals surface area contributed by atoms with E-state index in [9.17, 15) is 14.4 Å². The van der Waals surface area contributed by atoms with Crippen LogP contribution in [0.15, 0.2) is 48.6 Å². The van der Waals surface area contributed by atoms with Crippen LogP contribution >= 0.6 is 0 Å². The lowest BCUT2D eigenvalue weighted by atomic mass is 10.0. The molecular weight excluding hydrogens is 865 g/mol. The molecule has 0 spiro atoms. The van der Waals surface area contributed by atoms with Crippen LogP contribution in [0, 0.1) is 0 Å². The maximum absolute atomic E-state index is 12.9. The summed E-state index contributed by atoms with van der Waals surface area (Å²) in [7, 11) is 0. The van der Waals surface area contributed by atoms with Crippen molar-refractivity contribution in [3.8, 4) is 0 Å². The number of ether oxygens (including phenoxy) is 3. The van der Waals surface area contributed by atoms with Gasteiger partial charge in [0.2, 0.25) is 0 Å². The molecule has 0 saturated heterocycles. The molecule has 0 saturated carbocycles. The molecule has 0 aliphatic rings. The Bertz CT molecular complexity index is 1220. The standard InChI is InChI=1S/C64H116O6/c1-4-7-10-13-16-19-22-25-28-30-32-34-36-39-42-45-48-51-54-57-63(66)69-60-61(59-68-62(65)56-53-50-47-44-41-38-35-27-24-21-18-15-12-9-6-3)70-64(67)58-55-52-49-46-43-40-37-33-31-29-26-23-20-17-14-11-8-5-2/h23,26,29-33,37,61H,4-22,24-25,27-28,34-36,38-60H2,1-3H3/b26-23-,31-29-,32-30-,37-33-. The fourth-order valence-corrected chi connectivity index (χ4v) is 8.97. The van der Waals surface area contributed by atoms with Crippen LogP contribution in [0.5, 0.6) is 0 Å². The van der Waals surface area contributed by atoms with Gasteiger partial charge in [-0.05, 0) is 70.6 Å². The van der Waals surface area contributed by atoms with Crippen molar-refractivity contribution in [2.24, 2.45) is 0 Å². The summed E-state index contributed by atoms with van der Waals surface area (Å²) < 4.78 is 16.9. The first-order valence-corrected chi connectivity index (χ1v) is 30.7. The van der Waals surface area contributed by atoms with E-state index in [4.69, 9.17) is 14.2 Å². The third-order valence-corrected chi connectivity index (χ3v) is 13.6. The molecule has 0 heterocycles. The van der Waals surface area contributed by atoms with Crippen molar-refractivity contribution in [2.45, 2.75) is 329 Å². The lowest BCUT2D eigenvalue weighted by Gasteiger charge is -2.18. The second-order valence-electron chi connectivity index (χ2n) is 20.7. The molecule has 0 aliphatic heterocycles. The molecule has 0 aliphatic carbocycles. The van der Waals surface area contributed by atoms with Crippen LogP contribution in [0.3, 0.4) is 0 Å². The van der Waals surface area contributed by atoms with Gasteiger partial charge in [0.1, 0.15) is 13.2 Å². The smallest absolute Gasteiger partial charge is 0.306 e. The van der Waals surface area contributed by atoms with Crippen LogP contribution < -0.4 is 0 Å². The average Bonchev–Trinajstić information content (AvgIpc) is 3.36. The second-order valence-corrected chi connectivity index (χ2v) is 20.7. The van der Waals surface area contributed by atoms with Gasteiger partial charge < -0.3 is 14.2 Å². The SMILES string of the molecule is CCCCCCC\C=C/C=C\C=C/CCCCCCCC(=O)OC(COC(=O)CCCCCCCCC/C=C\CCCCCCCCCC)COC(=O)CCCCCCCCCCCCCCCCC. The van der Waals surface area contributed by atoms with Gasteiger partial charge in [-0.25, -0.2) is 0 Å². The minimum absolute atomic E-state index is 0.0796. The van der Waals surface area contributed by atoms with Crippen LogP contribution in [0.4, 0.5) is 0 Å². The molecule has 6 nitrogen and oxygen atoms in total. The molecule has 1 atom stereocenters. The summed E-state index contributed by atoms with van der Waals surface area (Å²) in [4.78, 5) is 38.2. The van der Waals surface area contributed by atoms with Crippen LogP contribution in [-0.2, 0) is 28.6 Å². The molecule has 0 aromatic heterocycles. The number of hydrogen-bond donors (Lipinski definition) is 0. The number of allylic oxidation sites excluding steroid dienone is 8. The van der Waals surface area contributed by atoms with Crippen molar-refractivity contribution in [1.82, 2.24) is 0 Å². The van der Waals surface area contributed by atoms with E-state index in [0.717, 1.165) is 77.0 Å². The lowest BCUT2D eigenvalue weighted by Crippen LogP contribution is -2.30. The van der Waals surface area contributed by atoms with Crippen molar-refractivity contribution in [3.05, 3.63) is 48.6 Å². The van der Waals surface area contributed by atoms with Gasteiger partial charge in [0, 0.05) is 19.3 Å². The monoisotopic (exact) mass is 981 g/mol. The first kappa shape index (κ1) is 67.4. The highest BCUT2D eigenvalue weighted by Crippen LogP contribution is 2.16. The van der Waals surface area contributed by atoms with Gasteiger partial charge in [0.15, 0.2) is 6.10 Å². The zero-order valence-electron chi connectivity index (χ0n) is 46.8. The van der Waals surface area contributed by atoms with E-state index < -0.39 is 6.10 Å². The number of carbonyl (C=O) groups excluding carboxylic acids is 3.